The number of nitrogens with zero attached hydrogens (tertiary/aromatic N) is 1. The number of halogens is 3. The van der Waals surface area contributed by atoms with Crippen molar-refractivity contribution in [1.29, 1.82) is 0 Å². The van der Waals surface area contributed by atoms with E-state index in [0.717, 1.165) is 6.07 Å². The maximum absolute atomic E-state index is 13.6. The van der Waals surface area contributed by atoms with Crippen molar-refractivity contribution in [3.8, 4) is 0 Å². The molecular formula is C22H23F3KNO7S. The molecule has 0 radical (unpaired) electrons. The van der Waals surface area contributed by atoms with Gasteiger partial charge in [-0.05, 0) is 38.3 Å². The van der Waals surface area contributed by atoms with Crippen LogP contribution in [0.2, 0.25) is 0 Å². The molecule has 2 heterocycles. The monoisotopic (exact) mass is 541 g/mol. The summed E-state index contributed by atoms with van der Waals surface area (Å²) in [6.45, 7) is 3.86. The van der Waals surface area contributed by atoms with Gasteiger partial charge in [-0.3, -0.25) is 4.79 Å². The molecule has 0 saturated heterocycles. The van der Waals surface area contributed by atoms with E-state index < -0.39 is 50.1 Å². The Hall–Kier alpha value is -1.22. The summed E-state index contributed by atoms with van der Waals surface area (Å²) in [7, 11) is -4.75. The van der Waals surface area contributed by atoms with E-state index in [-0.39, 0.29) is 74.5 Å². The molecule has 0 fully saturated rings. The van der Waals surface area contributed by atoms with Crippen LogP contribution in [0, 0.1) is 0 Å². The predicted octanol–water partition coefficient (Wildman–Crippen LogP) is 0.988. The molecule has 35 heavy (non-hydrogen) atoms. The van der Waals surface area contributed by atoms with Crippen molar-refractivity contribution in [2.24, 2.45) is 0 Å². The molecule has 0 saturated carbocycles. The standard InChI is InChI=1S/C22H24F3NO7S.K/c1-21(2)11-13(12-34(30,31)32)14-8-15-16(22(23,24)25)9-20(29)33-18(15)10-17(14)26(21)7-5-3-4-6-19(27)28;/h8-11H,3-7,12H2,1-2H3,(H,27,28)(H,30,31,32);/q;+1/p-1. The summed E-state index contributed by atoms with van der Waals surface area (Å²) in [6, 6.07) is 2.68. The topological polar surface area (TPSA) is 128 Å². The minimum absolute atomic E-state index is 0. The van der Waals surface area contributed by atoms with Crippen LogP contribution in [0.25, 0.3) is 16.5 Å². The number of hydrogen-bond donors (Lipinski definition) is 1. The van der Waals surface area contributed by atoms with Gasteiger partial charge in [0.15, 0.2) is 0 Å². The molecule has 0 bridgehead atoms. The second kappa shape index (κ2) is 11.0. The normalized spacial score (nSPS) is 15.4. The van der Waals surface area contributed by atoms with Gasteiger partial charge in [0.25, 0.3) is 0 Å². The van der Waals surface area contributed by atoms with Crippen molar-refractivity contribution in [2.45, 2.75) is 51.2 Å². The number of carboxylic acid groups (broad SMARTS) is 1. The van der Waals surface area contributed by atoms with Crippen LogP contribution in [0.3, 0.4) is 0 Å². The number of unbranched alkanes of at least 4 members (excludes halogenated alkanes) is 2. The fraction of sp³-hybridized carbons (Fsp3) is 0.455. The van der Waals surface area contributed by atoms with Crippen LogP contribution >= 0.6 is 0 Å². The number of hydrogen-bond acceptors (Lipinski definition) is 7. The molecule has 1 aromatic carbocycles. The molecule has 186 valence electrons. The number of benzene rings is 1. The summed E-state index contributed by atoms with van der Waals surface area (Å²) < 4.78 is 80.5. The molecule has 0 atom stereocenters. The van der Waals surface area contributed by atoms with Gasteiger partial charge in [0.2, 0.25) is 0 Å². The molecule has 0 unspecified atom stereocenters. The summed E-state index contributed by atoms with van der Waals surface area (Å²) in [5.41, 5.74) is -3.08. The Labute approximate surface area is 242 Å². The average Bonchev–Trinajstić information content (AvgIpc) is 2.65. The molecule has 3 rings (SSSR count). The number of anilines is 1. The zero-order valence-electron chi connectivity index (χ0n) is 19.4. The quantitative estimate of drug-likeness (QED) is 0.227. The number of rotatable bonds is 8. The van der Waals surface area contributed by atoms with Gasteiger partial charge in [-0.15, -0.1) is 0 Å². The Bertz CT molecular complexity index is 1320. The van der Waals surface area contributed by atoms with Gasteiger partial charge in [0.1, 0.15) is 5.58 Å². The van der Waals surface area contributed by atoms with E-state index in [1.165, 1.54) is 12.1 Å². The third-order valence-corrected chi connectivity index (χ3v) is 6.30. The molecule has 0 amide bonds. The van der Waals surface area contributed by atoms with Crippen LogP contribution < -0.4 is 61.9 Å². The van der Waals surface area contributed by atoms with Crippen LogP contribution in [0.4, 0.5) is 18.9 Å². The van der Waals surface area contributed by atoms with Gasteiger partial charge in [-0.2, -0.15) is 13.2 Å². The minimum atomic E-state index is -4.87. The Morgan fingerprint density at radius 3 is 2.40 bits per heavy atom. The first kappa shape index (κ1) is 30.0. The number of alkyl halides is 3. The third-order valence-electron chi connectivity index (χ3n) is 5.63. The van der Waals surface area contributed by atoms with Crippen molar-refractivity contribution in [3.63, 3.8) is 0 Å². The summed E-state index contributed by atoms with van der Waals surface area (Å²) in [5, 5.41) is 8.36. The number of aliphatic carboxylic acids is 1. The van der Waals surface area contributed by atoms with Crippen molar-refractivity contribution in [1.82, 2.24) is 0 Å². The predicted molar refractivity (Wildman–Crippen MR) is 118 cm³/mol. The maximum Gasteiger partial charge on any atom is 1.00 e. The molecule has 8 nitrogen and oxygen atoms in total. The second-order valence-corrected chi connectivity index (χ2v) is 10.1. The fourth-order valence-corrected chi connectivity index (χ4v) is 4.87. The number of fused-ring (bicyclic) bond motifs is 2. The van der Waals surface area contributed by atoms with Crippen molar-refractivity contribution < 1.29 is 91.8 Å². The summed E-state index contributed by atoms with van der Waals surface area (Å²) in [5.74, 6) is -1.84. The molecule has 2 aromatic rings. The SMILES string of the molecule is CC1(C)C=C(CS(=O)(=O)[O-])c2cc3c(C(F)(F)F)cc(=O)oc3cc2N1CCCCCC(=O)O.[K+]. The van der Waals surface area contributed by atoms with Gasteiger partial charge in [-0.25, -0.2) is 13.2 Å². The van der Waals surface area contributed by atoms with Gasteiger partial charge in [0, 0.05) is 41.7 Å². The van der Waals surface area contributed by atoms with Gasteiger partial charge >= 0.3 is 69.2 Å². The molecule has 1 N–H and O–H groups in total. The van der Waals surface area contributed by atoms with E-state index in [2.05, 4.69) is 0 Å². The molecule has 0 spiro atoms. The van der Waals surface area contributed by atoms with E-state index in [1.54, 1.807) is 13.8 Å². The smallest absolute Gasteiger partial charge is 0.748 e. The molecular weight excluding hydrogens is 518 g/mol. The summed E-state index contributed by atoms with van der Waals surface area (Å²) in [4.78, 5) is 24.4. The first-order valence-corrected chi connectivity index (χ1v) is 12.0. The Balaban J connectivity index is 0.00000432. The van der Waals surface area contributed by atoms with Gasteiger partial charge in [0.05, 0.1) is 27.0 Å². The fourth-order valence-electron chi connectivity index (χ4n) is 4.25. The Kier molecular flexibility index (Phi) is 9.46. The summed E-state index contributed by atoms with van der Waals surface area (Å²) in [6.07, 6.45) is -1.78. The van der Waals surface area contributed by atoms with Crippen LogP contribution in [0.15, 0.2) is 33.5 Å². The van der Waals surface area contributed by atoms with Gasteiger partial charge < -0.3 is 19.0 Å². The Morgan fingerprint density at radius 1 is 1.17 bits per heavy atom. The van der Waals surface area contributed by atoms with Crippen LogP contribution in [-0.2, 0) is 21.1 Å². The van der Waals surface area contributed by atoms with E-state index in [0.29, 0.717) is 37.6 Å². The van der Waals surface area contributed by atoms with Crippen LogP contribution in [-0.4, -0.2) is 41.9 Å². The first-order chi connectivity index (χ1) is 15.6. The van der Waals surface area contributed by atoms with Crippen LogP contribution in [0.5, 0.6) is 0 Å². The molecule has 13 heteroatoms. The zero-order chi connectivity index (χ0) is 25.5. The second-order valence-electron chi connectivity index (χ2n) is 8.72. The van der Waals surface area contributed by atoms with Crippen LogP contribution in [0.1, 0.15) is 50.7 Å². The summed E-state index contributed by atoms with van der Waals surface area (Å²) >= 11 is 0. The van der Waals surface area contributed by atoms with E-state index >= 15 is 0 Å². The van der Waals surface area contributed by atoms with Crippen molar-refractivity contribution in [2.75, 3.05) is 17.2 Å². The molecule has 1 aliphatic rings. The largest absolute Gasteiger partial charge is 1.00 e. The van der Waals surface area contributed by atoms with Crippen molar-refractivity contribution >= 4 is 38.3 Å². The molecule has 1 aliphatic heterocycles. The average molecular weight is 542 g/mol. The van der Waals surface area contributed by atoms with Gasteiger partial charge in [-0.1, -0.05) is 12.5 Å². The molecule has 0 aliphatic carbocycles. The maximum atomic E-state index is 13.6. The van der Waals surface area contributed by atoms with E-state index in [4.69, 9.17) is 9.52 Å². The van der Waals surface area contributed by atoms with E-state index in [9.17, 15) is 35.7 Å². The van der Waals surface area contributed by atoms with Crippen molar-refractivity contribution in [3.05, 3.63) is 45.8 Å². The molecule has 1 aromatic heterocycles. The van der Waals surface area contributed by atoms with E-state index in [1.807, 2.05) is 4.90 Å². The third kappa shape index (κ3) is 7.40. The first-order valence-electron chi connectivity index (χ1n) is 10.4. The number of carboxylic acids is 1. The number of carbonyl (C=O) groups is 1. The Morgan fingerprint density at radius 2 is 1.83 bits per heavy atom. The minimum Gasteiger partial charge on any atom is -0.748 e. The zero-order valence-corrected chi connectivity index (χ0v) is 23.4.